The molecule has 5 heteroatoms. The van der Waals surface area contributed by atoms with Gasteiger partial charge in [-0.25, -0.2) is 9.97 Å². The summed E-state index contributed by atoms with van der Waals surface area (Å²) in [4.78, 5) is 11.2. The van der Waals surface area contributed by atoms with E-state index in [-0.39, 0.29) is 0 Å². The molecule has 5 nitrogen and oxygen atoms in total. The first-order valence-corrected chi connectivity index (χ1v) is 7.85. The van der Waals surface area contributed by atoms with Gasteiger partial charge in [0.15, 0.2) is 0 Å². The van der Waals surface area contributed by atoms with E-state index in [9.17, 15) is 0 Å². The van der Waals surface area contributed by atoms with Crippen LogP contribution in [0, 0.1) is 0 Å². The molecule has 0 aromatic carbocycles. The van der Waals surface area contributed by atoms with Gasteiger partial charge in [0, 0.05) is 31.0 Å². The molecule has 1 N–H and O–H groups in total. The van der Waals surface area contributed by atoms with E-state index in [0.29, 0.717) is 12.1 Å². The lowest BCUT2D eigenvalue weighted by atomic mass is 9.99. The van der Waals surface area contributed by atoms with Gasteiger partial charge in [0.05, 0.1) is 11.9 Å². The van der Waals surface area contributed by atoms with Crippen molar-refractivity contribution in [2.75, 3.05) is 18.4 Å². The molecule has 21 heavy (non-hydrogen) atoms. The van der Waals surface area contributed by atoms with E-state index < -0.39 is 0 Å². The number of piperidine rings is 1. The highest BCUT2D eigenvalue weighted by Gasteiger charge is 2.35. The van der Waals surface area contributed by atoms with Crippen LogP contribution in [0.25, 0.3) is 5.82 Å². The highest BCUT2D eigenvalue weighted by atomic mass is 15.2. The van der Waals surface area contributed by atoms with Crippen LogP contribution < -0.4 is 5.32 Å². The van der Waals surface area contributed by atoms with Gasteiger partial charge in [0.2, 0.25) is 0 Å². The van der Waals surface area contributed by atoms with E-state index in [4.69, 9.17) is 0 Å². The SMILES string of the molecule is c1cn(-c2ccc(NC3CCN4CCCCC34)cn2)cn1. The fraction of sp³-hybridized carbons (Fsp3) is 0.500. The van der Waals surface area contributed by atoms with Gasteiger partial charge >= 0.3 is 0 Å². The van der Waals surface area contributed by atoms with Crippen LogP contribution in [-0.4, -0.2) is 44.6 Å². The van der Waals surface area contributed by atoms with Crippen molar-refractivity contribution in [3.05, 3.63) is 37.1 Å². The van der Waals surface area contributed by atoms with Gasteiger partial charge in [-0.1, -0.05) is 6.42 Å². The maximum absolute atomic E-state index is 4.51. The van der Waals surface area contributed by atoms with Crippen LogP contribution in [-0.2, 0) is 0 Å². The molecule has 0 amide bonds. The fourth-order valence-corrected chi connectivity index (χ4v) is 3.65. The van der Waals surface area contributed by atoms with E-state index in [2.05, 4.69) is 26.3 Å². The number of imidazole rings is 1. The quantitative estimate of drug-likeness (QED) is 0.939. The smallest absolute Gasteiger partial charge is 0.137 e. The number of nitrogens with zero attached hydrogens (tertiary/aromatic N) is 4. The molecule has 2 aromatic rings. The number of rotatable bonds is 3. The van der Waals surface area contributed by atoms with Gasteiger partial charge < -0.3 is 5.32 Å². The predicted molar refractivity (Wildman–Crippen MR) is 82.6 cm³/mol. The minimum absolute atomic E-state index is 0.575. The van der Waals surface area contributed by atoms with Gasteiger partial charge in [-0.05, 0) is 37.9 Å². The first-order chi connectivity index (χ1) is 10.4. The number of nitrogens with one attached hydrogen (secondary N) is 1. The van der Waals surface area contributed by atoms with Crippen molar-refractivity contribution >= 4 is 5.69 Å². The molecule has 0 saturated carbocycles. The van der Waals surface area contributed by atoms with E-state index in [1.54, 1.807) is 12.5 Å². The maximum atomic E-state index is 4.51. The van der Waals surface area contributed by atoms with E-state index in [1.807, 2.05) is 23.0 Å². The molecule has 4 rings (SSSR count). The second kappa shape index (κ2) is 5.48. The van der Waals surface area contributed by atoms with Crippen molar-refractivity contribution in [3.8, 4) is 5.82 Å². The summed E-state index contributed by atoms with van der Waals surface area (Å²) in [5.74, 6) is 0.906. The minimum atomic E-state index is 0.575. The lowest BCUT2D eigenvalue weighted by Gasteiger charge is -2.32. The lowest BCUT2D eigenvalue weighted by Crippen LogP contribution is -2.41. The van der Waals surface area contributed by atoms with Crippen LogP contribution in [0.4, 0.5) is 5.69 Å². The summed E-state index contributed by atoms with van der Waals surface area (Å²) >= 11 is 0. The van der Waals surface area contributed by atoms with Crippen LogP contribution in [0.3, 0.4) is 0 Å². The third kappa shape index (κ3) is 2.53. The number of anilines is 1. The van der Waals surface area contributed by atoms with Crippen molar-refractivity contribution in [1.29, 1.82) is 0 Å². The zero-order valence-corrected chi connectivity index (χ0v) is 12.2. The van der Waals surface area contributed by atoms with Gasteiger partial charge in [0.25, 0.3) is 0 Å². The molecule has 2 saturated heterocycles. The molecule has 2 aromatic heterocycles. The Bertz CT molecular complexity index is 577. The van der Waals surface area contributed by atoms with Crippen molar-refractivity contribution in [2.24, 2.45) is 0 Å². The van der Waals surface area contributed by atoms with E-state index in [0.717, 1.165) is 11.5 Å². The number of hydrogen-bond acceptors (Lipinski definition) is 4. The summed E-state index contributed by atoms with van der Waals surface area (Å²) in [7, 11) is 0. The Labute approximate surface area is 125 Å². The van der Waals surface area contributed by atoms with E-state index in [1.165, 1.54) is 38.8 Å². The van der Waals surface area contributed by atoms with Gasteiger partial charge in [-0.2, -0.15) is 0 Å². The fourth-order valence-electron chi connectivity index (χ4n) is 3.65. The predicted octanol–water partition coefficient (Wildman–Crippen LogP) is 2.31. The Morgan fingerprint density at radius 3 is 2.95 bits per heavy atom. The summed E-state index contributed by atoms with van der Waals surface area (Å²) in [5.41, 5.74) is 1.12. The third-order valence-electron chi connectivity index (χ3n) is 4.72. The van der Waals surface area contributed by atoms with Crippen LogP contribution in [0.2, 0.25) is 0 Å². The molecule has 2 atom stereocenters. The average molecular weight is 283 g/mol. The molecule has 0 bridgehead atoms. The zero-order valence-electron chi connectivity index (χ0n) is 12.2. The number of aromatic nitrogens is 3. The maximum Gasteiger partial charge on any atom is 0.137 e. The molecule has 2 unspecified atom stereocenters. The van der Waals surface area contributed by atoms with Gasteiger partial charge in [0.1, 0.15) is 12.1 Å². The molecular weight excluding hydrogens is 262 g/mol. The van der Waals surface area contributed by atoms with Crippen molar-refractivity contribution < 1.29 is 0 Å². The Balaban J connectivity index is 1.45. The standard InChI is InChI=1S/C16H21N5/c1-2-8-20-9-6-14(15(20)3-1)19-13-4-5-16(18-11-13)21-10-7-17-12-21/h4-5,7,10-12,14-15,19H,1-3,6,8-9H2. The molecule has 110 valence electrons. The van der Waals surface area contributed by atoms with Gasteiger partial charge in [-0.15, -0.1) is 0 Å². The minimum Gasteiger partial charge on any atom is -0.379 e. The molecule has 0 spiro atoms. The Kier molecular flexibility index (Phi) is 3.35. The summed E-state index contributed by atoms with van der Waals surface area (Å²) < 4.78 is 1.92. The average Bonchev–Trinajstić information content (AvgIpc) is 3.19. The molecule has 4 heterocycles. The molecule has 2 aliphatic rings. The Morgan fingerprint density at radius 1 is 1.14 bits per heavy atom. The highest BCUT2D eigenvalue weighted by molar-refractivity contribution is 5.45. The van der Waals surface area contributed by atoms with Crippen molar-refractivity contribution in [1.82, 2.24) is 19.4 Å². The highest BCUT2D eigenvalue weighted by Crippen LogP contribution is 2.29. The van der Waals surface area contributed by atoms with Crippen LogP contribution in [0.15, 0.2) is 37.1 Å². The third-order valence-corrected chi connectivity index (χ3v) is 4.72. The Morgan fingerprint density at radius 2 is 2.14 bits per heavy atom. The van der Waals surface area contributed by atoms with Crippen LogP contribution in [0.5, 0.6) is 0 Å². The molecular formula is C16H21N5. The zero-order chi connectivity index (χ0) is 14.1. The summed E-state index contributed by atoms with van der Waals surface area (Å²) in [6, 6.07) is 5.45. The van der Waals surface area contributed by atoms with Crippen molar-refractivity contribution in [2.45, 2.75) is 37.8 Å². The summed E-state index contributed by atoms with van der Waals surface area (Å²) in [5, 5.41) is 3.68. The summed E-state index contributed by atoms with van der Waals surface area (Å²) in [6.45, 7) is 2.52. The molecule has 2 aliphatic heterocycles. The second-order valence-electron chi connectivity index (χ2n) is 6.01. The number of fused-ring (bicyclic) bond motifs is 1. The van der Waals surface area contributed by atoms with Crippen LogP contribution >= 0.6 is 0 Å². The monoisotopic (exact) mass is 283 g/mol. The number of pyridine rings is 1. The second-order valence-corrected chi connectivity index (χ2v) is 6.01. The first-order valence-electron chi connectivity index (χ1n) is 7.85. The van der Waals surface area contributed by atoms with Crippen LogP contribution in [0.1, 0.15) is 25.7 Å². The topological polar surface area (TPSA) is 46.0 Å². The summed E-state index contributed by atoms with van der Waals surface area (Å²) in [6.07, 6.45) is 12.7. The van der Waals surface area contributed by atoms with Gasteiger partial charge in [-0.3, -0.25) is 9.47 Å². The molecule has 2 fully saturated rings. The molecule has 0 radical (unpaired) electrons. The first kappa shape index (κ1) is 12.8. The Hall–Kier alpha value is -1.88. The normalized spacial score (nSPS) is 25.7. The van der Waals surface area contributed by atoms with E-state index >= 15 is 0 Å². The molecule has 0 aliphatic carbocycles. The lowest BCUT2D eigenvalue weighted by molar-refractivity contribution is 0.193. The largest absolute Gasteiger partial charge is 0.379 e. The number of hydrogen-bond donors (Lipinski definition) is 1. The van der Waals surface area contributed by atoms with Crippen molar-refractivity contribution in [3.63, 3.8) is 0 Å².